The van der Waals surface area contributed by atoms with Crippen molar-refractivity contribution in [2.45, 2.75) is 41.5 Å². The molecule has 0 N–H and O–H groups in total. The Morgan fingerprint density at radius 1 is 0.500 bits per heavy atom. The van der Waals surface area contributed by atoms with Gasteiger partial charge in [0.1, 0.15) is 11.2 Å². The Morgan fingerprint density at radius 2 is 0.875 bits per heavy atom. The number of aryl methyl sites for hydroxylation is 6. The van der Waals surface area contributed by atoms with Gasteiger partial charge in [0.05, 0.1) is 0 Å². The molecule has 0 saturated carbocycles. The smallest absolute Gasteiger partial charge is 0.173 e. The zero-order chi connectivity index (χ0) is 17.2. The van der Waals surface area contributed by atoms with E-state index in [1.54, 1.807) is 0 Å². The molecule has 4 aromatic rings. The Morgan fingerprint density at radius 3 is 1.25 bits per heavy atom. The van der Waals surface area contributed by atoms with Crippen molar-refractivity contribution >= 4 is 21.9 Å². The largest absolute Gasteiger partial charge is 0.452 e. The average Bonchev–Trinajstić information content (AvgIpc) is 3.06. The van der Waals surface area contributed by atoms with E-state index in [2.05, 4.69) is 65.8 Å². The van der Waals surface area contributed by atoms with E-state index in [1.165, 1.54) is 33.0 Å². The van der Waals surface area contributed by atoms with Gasteiger partial charge < -0.3 is 8.83 Å². The maximum atomic E-state index is 6.28. The van der Waals surface area contributed by atoms with Crippen LogP contribution in [0, 0.1) is 41.5 Å². The standard InChI is InChI=1S/C22H22O2/c1-11-7-9-17-15(5)21(23-19(17)13(11)3)22-16(6)18-10-8-12(2)14(4)20(18)24-22/h7-10H,1-6H3. The van der Waals surface area contributed by atoms with E-state index >= 15 is 0 Å². The maximum Gasteiger partial charge on any atom is 0.173 e. The molecule has 24 heavy (non-hydrogen) atoms. The molecule has 0 aliphatic rings. The van der Waals surface area contributed by atoms with Gasteiger partial charge in [0.15, 0.2) is 11.5 Å². The summed E-state index contributed by atoms with van der Waals surface area (Å²) in [6, 6.07) is 8.60. The highest BCUT2D eigenvalue weighted by atomic mass is 16.4. The molecule has 2 heteroatoms. The van der Waals surface area contributed by atoms with Crippen LogP contribution >= 0.6 is 0 Å². The van der Waals surface area contributed by atoms with Crippen LogP contribution in [-0.2, 0) is 0 Å². The molecular formula is C22H22O2. The summed E-state index contributed by atoms with van der Waals surface area (Å²) in [5, 5.41) is 2.33. The highest BCUT2D eigenvalue weighted by Crippen LogP contribution is 2.41. The van der Waals surface area contributed by atoms with E-state index in [1.807, 2.05) is 0 Å². The van der Waals surface area contributed by atoms with Crippen molar-refractivity contribution in [1.82, 2.24) is 0 Å². The van der Waals surface area contributed by atoms with Crippen LogP contribution in [0.5, 0.6) is 0 Å². The van der Waals surface area contributed by atoms with Crippen molar-refractivity contribution in [1.29, 1.82) is 0 Å². The van der Waals surface area contributed by atoms with Gasteiger partial charge in [0, 0.05) is 21.9 Å². The van der Waals surface area contributed by atoms with Crippen LogP contribution in [0.25, 0.3) is 33.5 Å². The van der Waals surface area contributed by atoms with E-state index in [4.69, 9.17) is 8.83 Å². The second kappa shape index (κ2) is 5.01. The zero-order valence-electron chi connectivity index (χ0n) is 15.1. The molecule has 0 aliphatic heterocycles. The summed E-state index contributed by atoms with van der Waals surface area (Å²) < 4.78 is 12.6. The molecule has 4 rings (SSSR count). The Balaban J connectivity index is 2.07. The third kappa shape index (κ3) is 1.89. The number of hydrogen-bond acceptors (Lipinski definition) is 2. The number of benzene rings is 2. The summed E-state index contributed by atoms with van der Waals surface area (Å²) in [7, 11) is 0. The fraction of sp³-hybridized carbons (Fsp3) is 0.273. The lowest BCUT2D eigenvalue weighted by Gasteiger charge is -1.99. The molecule has 2 aromatic heterocycles. The molecule has 0 radical (unpaired) electrons. The number of furan rings is 2. The Hall–Kier alpha value is -2.48. The quantitative estimate of drug-likeness (QED) is 0.390. The monoisotopic (exact) mass is 318 g/mol. The van der Waals surface area contributed by atoms with Crippen molar-refractivity contribution < 1.29 is 8.83 Å². The van der Waals surface area contributed by atoms with Gasteiger partial charge in [0.2, 0.25) is 0 Å². The highest BCUT2D eigenvalue weighted by Gasteiger charge is 2.22. The number of fused-ring (bicyclic) bond motifs is 2. The minimum absolute atomic E-state index is 0.851. The van der Waals surface area contributed by atoms with Crippen molar-refractivity contribution in [3.63, 3.8) is 0 Å². The Bertz CT molecular complexity index is 1020. The highest BCUT2D eigenvalue weighted by molar-refractivity contribution is 5.94. The normalized spacial score (nSPS) is 11.8. The first-order valence-corrected chi connectivity index (χ1v) is 8.39. The van der Waals surface area contributed by atoms with E-state index in [0.29, 0.717) is 0 Å². The fourth-order valence-electron chi connectivity index (χ4n) is 3.47. The van der Waals surface area contributed by atoms with Crippen molar-refractivity contribution in [3.05, 3.63) is 57.6 Å². The average molecular weight is 318 g/mol. The van der Waals surface area contributed by atoms with Crippen LogP contribution < -0.4 is 0 Å². The molecule has 122 valence electrons. The van der Waals surface area contributed by atoms with Crippen LogP contribution in [-0.4, -0.2) is 0 Å². The first-order chi connectivity index (χ1) is 11.4. The third-order valence-corrected chi connectivity index (χ3v) is 5.46. The second-order valence-corrected chi connectivity index (χ2v) is 6.88. The van der Waals surface area contributed by atoms with Gasteiger partial charge >= 0.3 is 0 Å². The molecule has 0 amide bonds. The van der Waals surface area contributed by atoms with Crippen LogP contribution in [0.3, 0.4) is 0 Å². The fourth-order valence-corrected chi connectivity index (χ4v) is 3.47. The maximum absolute atomic E-state index is 6.28. The van der Waals surface area contributed by atoms with E-state index in [-0.39, 0.29) is 0 Å². The van der Waals surface area contributed by atoms with Crippen molar-refractivity contribution in [2.24, 2.45) is 0 Å². The predicted octanol–water partition coefficient (Wildman–Crippen LogP) is 6.70. The molecule has 2 nitrogen and oxygen atoms in total. The number of rotatable bonds is 1. The lowest BCUT2D eigenvalue weighted by Crippen LogP contribution is -1.80. The Kier molecular flexibility index (Phi) is 3.14. The summed E-state index contributed by atoms with van der Waals surface area (Å²) in [4.78, 5) is 0. The Labute approximate surface area is 142 Å². The molecule has 0 fully saturated rings. The molecule has 0 saturated heterocycles. The molecule has 2 aromatic carbocycles. The molecule has 0 aliphatic carbocycles. The van der Waals surface area contributed by atoms with Crippen LogP contribution in [0.4, 0.5) is 0 Å². The third-order valence-electron chi connectivity index (χ3n) is 5.46. The minimum Gasteiger partial charge on any atom is -0.452 e. The van der Waals surface area contributed by atoms with Gasteiger partial charge in [-0.3, -0.25) is 0 Å². The van der Waals surface area contributed by atoms with Crippen LogP contribution in [0.1, 0.15) is 33.4 Å². The molecule has 0 bridgehead atoms. The lowest BCUT2D eigenvalue weighted by molar-refractivity contribution is 0.563. The zero-order valence-corrected chi connectivity index (χ0v) is 15.1. The summed E-state index contributed by atoms with van der Waals surface area (Å²) in [6.45, 7) is 12.7. The number of hydrogen-bond donors (Lipinski definition) is 0. The second-order valence-electron chi connectivity index (χ2n) is 6.88. The molecular weight excluding hydrogens is 296 g/mol. The topological polar surface area (TPSA) is 26.3 Å². The first-order valence-electron chi connectivity index (χ1n) is 8.39. The van der Waals surface area contributed by atoms with Crippen LogP contribution in [0.15, 0.2) is 33.1 Å². The minimum atomic E-state index is 0.851. The van der Waals surface area contributed by atoms with E-state index in [9.17, 15) is 0 Å². The van der Waals surface area contributed by atoms with Gasteiger partial charge in [-0.1, -0.05) is 24.3 Å². The van der Waals surface area contributed by atoms with Gasteiger partial charge in [-0.2, -0.15) is 0 Å². The van der Waals surface area contributed by atoms with Gasteiger partial charge in [-0.15, -0.1) is 0 Å². The summed E-state index contributed by atoms with van der Waals surface area (Å²) in [5.41, 5.74) is 9.11. The van der Waals surface area contributed by atoms with E-state index < -0.39 is 0 Å². The van der Waals surface area contributed by atoms with Crippen LogP contribution in [0.2, 0.25) is 0 Å². The van der Waals surface area contributed by atoms with Gasteiger partial charge in [-0.05, 0) is 63.8 Å². The van der Waals surface area contributed by atoms with E-state index in [0.717, 1.165) is 33.8 Å². The summed E-state index contributed by atoms with van der Waals surface area (Å²) >= 11 is 0. The summed E-state index contributed by atoms with van der Waals surface area (Å²) in [6.07, 6.45) is 0. The predicted molar refractivity (Wildman–Crippen MR) is 99.8 cm³/mol. The molecule has 0 unspecified atom stereocenters. The van der Waals surface area contributed by atoms with Gasteiger partial charge in [-0.25, -0.2) is 0 Å². The molecule has 0 atom stereocenters. The molecule has 0 spiro atoms. The van der Waals surface area contributed by atoms with Crippen molar-refractivity contribution in [2.75, 3.05) is 0 Å². The molecule has 2 heterocycles. The first kappa shape index (κ1) is 15.1. The van der Waals surface area contributed by atoms with Crippen molar-refractivity contribution in [3.8, 4) is 11.5 Å². The summed E-state index contributed by atoms with van der Waals surface area (Å²) in [5.74, 6) is 1.70. The SMILES string of the molecule is Cc1ccc2c(C)c(-c3oc4c(C)c(C)ccc4c3C)oc2c1C. The van der Waals surface area contributed by atoms with Gasteiger partial charge in [0.25, 0.3) is 0 Å². The lowest BCUT2D eigenvalue weighted by atomic mass is 10.0.